The molecule has 3 nitrogen and oxygen atoms in total. The number of aromatic nitrogens is 1. The Labute approximate surface area is 67.0 Å². The van der Waals surface area contributed by atoms with Crippen molar-refractivity contribution in [3.05, 3.63) is 17.5 Å². The van der Waals surface area contributed by atoms with Gasteiger partial charge in [0, 0.05) is 5.39 Å². The van der Waals surface area contributed by atoms with Crippen LogP contribution in [0.4, 0.5) is 5.82 Å². The van der Waals surface area contributed by atoms with E-state index < -0.39 is 0 Å². The van der Waals surface area contributed by atoms with Crippen LogP contribution in [-0.2, 0) is 4.79 Å². The van der Waals surface area contributed by atoms with E-state index in [-0.39, 0.29) is 0 Å². The lowest BCUT2D eigenvalue weighted by molar-refractivity contribution is -0.105. The molecule has 0 fully saturated rings. The molecule has 56 valence electrons. The smallest absolute Gasteiger partial charge is 0.212 e. The van der Waals surface area contributed by atoms with E-state index in [0.717, 1.165) is 16.0 Å². The van der Waals surface area contributed by atoms with Crippen LogP contribution in [0.15, 0.2) is 17.5 Å². The predicted molar refractivity (Wildman–Crippen MR) is 45.9 cm³/mol. The van der Waals surface area contributed by atoms with Gasteiger partial charge in [-0.25, -0.2) is 0 Å². The fourth-order valence-electron chi connectivity index (χ4n) is 0.990. The number of carbonyl (C=O) groups is 1. The highest BCUT2D eigenvalue weighted by Crippen LogP contribution is 2.22. The Morgan fingerprint density at radius 1 is 1.64 bits per heavy atom. The van der Waals surface area contributed by atoms with Gasteiger partial charge in [-0.1, -0.05) is 0 Å². The summed E-state index contributed by atoms with van der Waals surface area (Å²) < 4.78 is 0. The molecule has 0 saturated carbocycles. The van der Waals surface area contributed by atoms with Crippen LogP contribution >= 0.6 is 11.3 Å². The van der Waals surface area contributed by atoms with Crippen molar-refractivity contribution in [3.63, 3.8) is 0 Å². The van der Waals surface area contributed by atoms with E-state index in [4.69, 9.17) is 0 Å². The SMILES string of the molecule is O=CNc1cc2ccsc2[nH]1. The van der Waals surface area contributed by atoms with Crippen LogP contribution in [0.3, 0.4) is 0 Å². The largest absolute Gasteiger partial charge is 0.333 e. The third kappa shape index (κ3) is 1.01. The molecule has 0 atom stereocenters. The molecule has 2 aromatic rings. The Bertz CT molecular complexity index is 348. The summed E-state index contributed by atoms with van der Waals surface area (Å²) >= 11 is 1.62. The zero-order valence-corrected chi connectivity index (χ0v) is 6.44. The van der Waals surface area contributed by atoms with Crippen molar-refractivity contribution in [2.75, 3.05) is 5.32 Å². The molecule has 0 spiro atoms. The van der Waals surface area contributed by atoms with Crippen LogP contribution in [0.5, 0.6) is 0 Å². The van der Waals surface area contributed by atoms with Crippen molar-refractivity contribution < 1.29 is 4.79 Å². The molecule has 2 rings (SSSR count). The molecule has 2 aromatic heterocycles. The highest BCUT2D eigenvalue weighted by Gasteiger charge is 1.98. The van der Waals surface area contributed by atoms with Gasteiger partial charge in [0.1, 0.15) is 10.6 Å². The molecule has 2 N–H and O–H groups in total. The second kappa shape index (κ2) is 2.39. The first-order chi connectivity index (χ1) is 5.40. The molecular formula is C7H6N2OS. The number of carbonyl (C=O) groups excluding carboxylic acids is 1. The first kappa shape index (κ1) is 6.42. The molecule has 1 amide bonds. The van der Waals surface area contributed by atoms with Crippen molar-refractivity contribution in [2.24, 2.45) is 0 Å². The van der Waals surface area contributed by atoms with Gasteiger partial charge >= 0.3 is 0 Å². The van der Waals surface area contributed by atoms with Gasteiger partial charge in [0.05, 0.1) is 0 Å². The van der Waals surface area contributed by atoms with E-state index in [2.05, 4.69) is 10.3 Å². The molecule has 0 aliphatic carbocycles. The number of amides is 1. The number of fused-ring (bicyclic) bond motifs is 1. The number of anilines is 1. The van der Waals surface area contributed by atoms with Crippen molar-refractivity contribution in [3.8, 4) is 0 Å². The fraction of sp³-hybridized carbons (Fsp3) is 0. The van der Waals surface area contributed by atoms with Crippen LogP contribution in [0.25, 0.3) is 10.2 Å². The maximum Gasteiger partial charge on any atom is 0.212 e. The molecular weight excluding hydrogens is 160 g/mol. The van der Waals surface area contributed by atoms with E-state index in [0.29, 0.717) is 6.41 Å². The number of hydrogen-bond donors (Lipinski definition) is 2. The number of nitrogens with one attached hydrogen (secondary N) is 2. The van der Waals surface area contributed by atoms with Crippen molar-refractivity contribution in [1.29, 1.82) is 0 Å². The second-order valence-electron chi connectivity index (χ2n) is 2.15. The van der Waals surface area contributed by atoms with E-state index in [1.807, 2.05) is 17.5 Å². The van der Waals surface area contributed by atoms with Gasteiger partial charge in [-0.15, -0.1) is 11.3 Å². The first-order valence-electron chi connectivity index (χ1n) is 3.16. The van der Waals surface area contributed by atoms with Gasteiger partial charge in [0.15, 0.2) is 0 Å². The lowest BCUT2D eigenvalue weighted by atomic mass is 10.4. The zero-order chi connectivity index (χ0) is 7.68. The van der Waals surface area contributed by atoms with E-state index in [1.54, 1.807) is 11.3 Å². The lowest BCUT2D eigenvalue weighted by Gasteiger charge is -1.87. The minimum Gasteiger partial charge on any atom is -0.333 e. The molecule has 0 radical (unpaired) electrons. The summed E-state index contributed by atoms with van der Waals surface area (Å²) in [5.41, 5.74) is 0. The highest BCUT2D eigenvalue weighted by molar-refractivity contribution is 7.16. The van der Waals surface area contributed by atoms with Crippen LogP contribution in [0, 0.1) is 0 Å². The Morgan fingerprint density at radius 2 is 2.55 bits per heavy atom. The van der Waals surface area contributed by atoms with Gasteiger partial charge < -0.3 is 10.3 Å². The number of H-pyrrole nitrogens is 1. The fourth-order valence-corrected chi connectivity index (χ4v) is 1.77. The summed E-state index contributed by atoms with van der Waals surface area (Å²) in [7, 11) is 0. The van der Waals surface area contributed by atoms with Gasteiger partial charge in [0.2, 0.25) is 6.41 Å². The lowest BCUT2D eigenvalue weighted by Crippen LogP contribution is -1.92. The maximum absolute atomic E-state index is 10.0. The summed E-state index contributed by atoms with van der Waals surface area (Å²) in [5, 5.41) is 5.70. The average Bonchev–Trinajstić information content (AvgIpc) is 2.46. The molecule has 0 saturated heterocycles. The Hall–Kier alpha value is -1.29. The molecule has 0 bridgehead atoms. The number of hydrogen-bond acceptors (Lipinski definition) is 2. The summed E-state index contributed by atoms with van der Waals surface area (Å²) in [5.74, 6) is 0.752. The minimum atomic E-state index is 0.662. The average molecular weight is 166 g/mol. The molecule has 4 heteroatoms. The predicted octanol–water partition coefficient (Wildman–Crippen LogP) is 1.80. The Balaban J connectivity index is 2.49. The van der Waals surface area contributed by atoms with E-state index in [9.17, 15) is 4.79 Å². The first-order valence-corrected chi connectivity index (χ1v) is 4.04. The monoisotopic (exact) mass is 166 g/mol. The quantitative estimate of drug-likeness (QED) is 0.656. The van der Waals surface area contributed by atoms with Gasteiger partial charge in [-0.2, -0.15) is 0 Å². The summed E-state index contributed by atoms with van der Waals surface area (Å²) in [6.07, 6.45) is 0.662. The van der Waals surface area contributed by atoms with Crippen molar-refractivity contribution in [1.82, 2.24) is 4.98 Å². The second-order valence-corrected chi connectivity index (χ2v) is 3.07. The third-order valence-corrected chi connectivity index (χ3v) is 2.30. The summed E-state index contributed by atoms with van der Waals surface area (Å²) in [6.45, 7) is 0. The standard InChI is InChI=1S/C7H6N2OS/c10-4-8-6-3-5-1-2-11-7(5)9-6/h1-4,9H,(H,8,10). The summed E-state index contributed by atoms with van der Waals surface area (Å²) in [4.78, 5) is 14.2. The number of rotatable bonds is 2. The molecule has 11 heavy (non-hydrogen) atoms. The van der Waals surface area contributed by atoms with Crippen LogP contribution in [-0.4, -0.2) is 11.4 Å². The van der Waals surface area contributed by atoms with Crippen LogP contribution < -0.4 is 5.32 Å². The van der Waals surface area contributed by atoms with Crippen molar-refractivity contribution >= 4 is 33.8 Å². The highest BCUT2D eigenvalue weighted by atomic mass is 32.1. The van der Waals surface area contributed by atoms with Crippen LogP contribution in [0.2, 0.25) is 0 Å². The molecule has 0 unspecified atom stereocenters. The van der Waals surface area contributed by atoms with E-state index >= 15 is 0 Å². The van der Waals surface area contributed by atoms with Gasteiger partial charge in [-0.3, -0.25) is 4.79 Å². The molecule has 0 aliphatic heterocycles. The molecule has 0 aromatic carbocycles. The summed E-state index contributed by atoms with van der Waals surface area (Å²) in [6, 6.07) is 3.91. The number of aromatic amines is 1. The van der Waals surface area contributed by atoms with Crippen molar-refractivity contribution in [2.45, 2.75) is 0 Å². The molecule has 2 heterocycles. The Morgan fingerprint density at radius 3 is 3.27 bits per heavy atom. The van der Waals surface area contributed by atoms with Gasteiger partial charge in [0.25, 0.3) is 0 Å². The molecule has 0 aliphatic rings. The topological polar surface area (TPSA) is 44.9 Å². The normalized spacial score (nSPS) is 10.2. The Kier molecular flexibility index (Phi) is 1.40. The number of thiophene rings is 1. The zero-order valence-electron chi connectivity index (χ0n) is 5.63. The van der Waals surface area contributed by atoms with Gasteiger partial charge in [-0.05, 0) is 17.5 Å². The van der Waals surface area contributed by atoms with E-state index in [1.165, 1.54) is 0 Å². The van der Waals surface area contributed by atoms with Crippen LogP contribution in [0.1, 0.15) is 0 Å². The third-order valence-electron chi connectivity index (χ3n) is 1.46. The minimum absolute atomic E-state index is 0.662. The maximum atomic E-state index is 10.0.